The van der Waals surface area contributed by atoms with Crippen molar-refractivity contribution in [3.05, 3.63) is 27.6 Å². The largest absolute Gasteiger partial charge is 0.326 e. The lowest BCUT2D eigenvalue weighted by molar-refractivity contribution is 0.196. The Morgan fingerprint density at radius 2 is 1.95 bits per heavy atom. The molecule has 0 aromatic carbocycles. The molecule has 1 aliphatic rings. The molecule has 1 aliphatic heterocycles. The van der Waals surface area contributed by atoms with Gasteiger partial charge in [0.1, 0.15) is 5.02 Å². The molecule has 0 amide bonds. The maximum atomic E-state index is 12.4. The molecule has 0 unspecified atom stereocenters. The number of likely N-dealkylation sites (N-methyl/N-ethyl adjacent to an activating group) is 1. The number of aromatic nitrogens is 1. The van der Waals surface area contributed by atoms with Gasteiger partial charge in [-0.15, -0.1) is 0 Å². The van der Waals surface area contributed by atoms with Gasteiger partial charge >= 0.3 is 0 Å². The second-order valence-electron chi connectivity index (χ2n) is 4.35. The summed E-state index contributed by atoms with van der Waals surface area (Å²) in [7, 11) is -3.58. The van der Waals surface area contributed by atoms with E-state index in [2.05, 4.69) is 9.88 Å². The Morgan fingerprint density at radius 1 is 1.32 bits per heavy atom. The number of sulfonamides is 1. The van der Waals surface area contributed by atoms with Crippen LogP contribution in [0.5, 0.6) is 0 Å². The Labute approximate surface area is 117 Å². The van der Waals surface area contributed by atoms with E-state index in [1.54, 1.807) is 0 Å². The molecule has 2 rings (SSSR count). The lowest BCUT2D eigenvalue weighted by Gasteiger charge is -2.33. The maximum Gasteiger partial charge on any atom is 0.266 e. The average Bonchev–Trinajstić information content (AvgIpc) is 2.41. The summed E-state index contributed by atoms with van der Waals surface area (Å²) >= 11 is 5.67. The number of nitrogens with zero attached hydrogens (tertiary/aromatic N) is 2. The molecule has 6 nitrogen and oxygen atoms in total. The van der Waals surface area contributed by atoms with Crippen LogP contribution in [0.3, 0.4) is 0 Å². The van der Waals surface area contributed by atoms with Crippen molar-refractivity contribution in [3.63, 3.8) is 0 Å². The van der Waals surface area contributed by atoms with Crippen molar-refractivity contribution >= 4 is 21.6 Å². The quantitative estimate of drug-likeness (QED) is 0.875. The number of pyridine rings is 1. The summed E-state index contributed by atoms with van der Waals surface area (Å²) in [5.74, 6) is 0. The third kappa shape index (κ3) is 3.00. The van der Waals surface area contributed by atoms with Crippen molar-refractivity contribution in [3.8, 4) is 0 Å². The van der Waals surface area contributed by atoms with Gasteiger partial charge in [0.05, 0.1) is 4.90 Å². The first-order chi connectivity index (χ1) is 8.95. The van der Waals surface area contributed by atoms with Gasteiger partial charge in [-0.2, -0.15) is 4.31 Å². The zero-order valence-corrected chi connectivity index (χ0v) is 12.2. The minimum Gasteiger partial charge on any atom is -0.326 e. The van der Waals surface area contributed by atoms with E-state index < -0.39 is 15.6 Å². The van der Waals surface area contributed by atoms with Crippen molar-refractivity contribution in [2.75, 3.05) is 32.7 Å². The highest BCUT2D eigenvalue weighted by atomic mass is 35.5. The van der Waals surface area contributed by atoms with Crippen LogP contribution in [0, 0.1) is 0 Å². The summed E-state index contributed by atoms with van der Waals surface area (Å²) in [6.45, 7) is 5.30. The van der Waals surface area contributed by atoms with Crippen LogP contribution >= 0.6 is 11.6 Å². The number of aromatic amines is 1. The molecule has 1 aromatic heterocycles. The summed E-state index contributed by atoms with van der Waals surface area (Å²) < 4.78 is 26.2. The highest BCUT2D eigenvalue weighted by Crippen LogP contribution is 2.18. The summed E-state index contributed by atoms with van der Waals surface area (Å²) in [4.78, 5) is 15.7. The van der Waals surface area contributed by atoms with Gasteiger partial charge in [-0.3, -0.25) is 4.79 Å². The molecule has 0 atom stereocenters. The van der Waals surface area contributed by atoms with E-state index in [4.69, 9.17) is 11.6 Å². The highest BCUT2D eigenvalue weighted by molar-refractivity contribution is 7.89. The van der Waals surface area contributed by atoms with Crippen LogP contribution < -0.4 is 5.56 Å². The first-order valence-electron chi connectivity index (χ1n) is 6.06. The van der Waals surface area contributed by atoms with Gasteiger partial charge in [-0.25, -0.2) is 8.42 Å². The third-order valence-electron chi connectivity index (χ3n) is 3.25. The van der Waals surface area contributed by atoms with E-state index in [9.17, 15) is 13.2 Å². The number of halogens is 1. The third-order valence-corrected chi connectivity index (χ3v) is 5.40. The standard InChI is InChI=1S/C11H16ClN3O3S/c1-2-14-3-5-15(6-4-14)19(17,18)9-7-10(12)11(16)13-8-9/h7-8H,2-6H2,1H3,(H,13,16). The molecule has 19 heavy (non-hydrogen) atoms. The fraction of sp³-hybridized carbons (Fsp3) is 0.545. The molecule has 0 bridgehead atoms. The van der Waals surface area contributed by atoms with Gasteiger partial charge in [0.2, 0.25) is 10.0 Å². The second-order valence-corrected chi connectivity index (χ2v) is 6.70. The number of hydrogen-bond donors (Lipinski definition) is 1. The van der Waals surface area contributed by atoms with E-state index in [-0.39, 0.29) is 9.92 Å². The number of rotatable bonds is 3. The molecule has 2 heterocycles. The van der Waals surface area contributed by atoms with Gasteiger partial charge in [-0.05, 0) is 12.6 Å². The number of piperazine rings is 1. The minimum absolute atomic E-state index is 0.0297. The zero-order chi connectivity index (χ0) is 14.0. The topological polar surface area (TPSA) is 73.5 Å². The zero-order valence-electron chi connectivity index (χ0n) is 10.6. The molecular formula is C11H16ClN3O3S. The number of H-pyrrole nitrogens is 1. The molecule has 0 saturated carbocycles. The molecule has 1 aromatic rings. The molecule has 1 saturated heterocycles. The minimum atomic E-state index is -3.58. The summed E-state index contributed by atoms with van der Waals surface area (Å²) in [5.41, 5.74) is -0.489. The lowest BCUT2D eigenvalue weighted by atomic mass is 10.4. The van der Waals surface area contributed by atoms with E-state index >= 15 is 0 Å². The molecule has 0 aliphatic carbocycles. The average molecular weight is 306 g/mol. The van der Waals surface area contributed by atoms with Crippen LogP contribution in [0.1, 0.15) is 6.92 Å². The first kappa shape index (κ1) is 14.5. The Bertz CT molecular complexity index is 606. The van der Waals surface area contributed by atoms with Gasteiger partial charge in [-0.1, -0.05) is 18.5 Å². The van der Waals surface area contributed by atoms with E-state index in [0.717, 1.165) is 6.54 Å². The molecule has 0 spiro atoms. The fourth-order valence-corrected chi connectivity index (χ4v) is 3.68. The first-order valence-corrected chi connectivity index (χ1v) is 7.87. The fourth-order valence-electron chi connectivity index (χ4n) is 2.02. The maximum absolute atomic E-state index is 12.4. The molecular weight excluding hydrogens is 290 g/mol. The smallest absolute Gasteiger partial charge is 0.266 e. The van der Waals surface area contributed by atoms with E-state index in [1.165, 1.54) is 16.6 Å². The van der Waals surface area contributed by atoms with E-state index in [0.29, 0.717) is 26.2 Å². The molecule has 0 radical (unpaired) electrons. The van der Waals surface area contributed by atoms with Gasteiger partial charge in [0.25, 0.3) is 5.56 Å². The van der Waals surface area contributed by atoms with Crippen molar-refractivity contribution in [1.82, 2.24) is 14.2 Å². The van der Waals surface area contributed by atoms with Crippen molar-refractivity contribution in [2.45, 2.75) is 11.8 Å². The monoisotopic (exact) mass is 305 g/mol. The van der Waals surface area contributed by atoms with Crippen molar-refractivity contribution in [2.24, 2.45) is 0 Å². The van der Waals surface area contributed by atoms with Gasteiger partial charge in [0, 0.05) is 32.4 Å². The van der Waals surface area contributed by atoms with Crippen molar-refractivity contribution < 1.29 is 8.42 Å². The number of hydrogen-bond acceptors (Lipinski definition) is 4. The van der Waals surface area contributed by atoms with E-state index in [1.807, 2.05) is 6.92 Å². The number of nitrogens with one attached hydrogen (secondary N) is 1. The highest BCUT2D eigenvalue weighted by Gasteiger charge is 2.28. The Morgan fingerprint density at radius 3 is 2.47 bits per heavy atom. The Balaban J connectivity index is 2.23. The molecule has 106 valence electrons. The van der Waals surface area contributed by atoms with Gasteiger partial charge < -0.3 is 9.88 Å². The summed E-state index contributed by atoms with van der Waals surface area (Å²) in [6.07, 6.45) is 1.19. The van der Waals surface area contributed by atoms with Crippen LogP contribution in [0.25, 0.3) is 0 Å². The predicted molar refractivity (Wildman–Crippen MR) is 72.9 cm³/mol. The second kappa shape index (κ2) is 5.62. The normalized spacial score (nSPS) is 18.6. The molecule has 8 heteroatoms. The Hall–Kier alpha value is -0.890. The summed E-state index contributed by atoms with van der Waals surface area (Å²) in [5, 5.41) is -0.117. The lowest BCUT2D eigenvalue weighted by Crippen LogP contribution is -2.48. The summed E-state index contributed by atoms with van der Waals surface area (Å²) in [6, 6.07) is 1.20. The SMILES string of the molecule is CCN1CCN(S(=O)(=O)c2c[nH]c(=O)c(Cl)c2)CC1. The van der Waals surface area contributed by atoms with Crippen LogP contribution in [0.2, 0.25) is 5.02 Å². The van der Waals surface area contributed by atoms with Crippen LogP contribution in [0.15, 0.2) is 22.0 Å². The molecule has 1 fully saturated rings. The van der Waals surface area contributed by atoms with Gasteiger partial charge in [0.15, 0.2) is 0 Å². The predicted octanol–water partition coefficient (Wildman–Crippen LogP) is 0.354. The Kier molecular flexibility index (Phi) is 4.29. The van der Waals surface area contributed by atoms with Crippen LogP contribution in [-0.2, 0) is 10.0 Å². The van der Waals surface area contributed by atoms with Crippen molar-refractivity contribution in [1.29, 1.82) is 0 Å². The van der Waals surface area contributed by atoms with Crippen LogP contribution in [0.4, 0.5) is 0 Å². The van der Waals surface area contributed by atoms with Crippen LogP contribution in [-0.4, -0.2) is 55.3 Å². The molecule has 1 N–H and O–H groups in total.